The number of amides is 1. The number of carbonyl (C=O) groups excluding carboxylic acids is 1. The molecule has 2 aliphatic rings. The van der Waals surface area contributed by atoms with Gasteiger partial charge in [0.1, 0.15) is 0 Å². The van der Waals surface area contributed by atoms with E-state index in [0.29, 0.717) is 18.3 Å². The van der Waals surface area contributed by atoms with Crippen LogP contribution >= 0.6 is 0 Å². The van der Waals surface area contributed by atoms with E-state index >= 15 is 0 Å². The predicted octanol–water partition coefficient (Wildman–Crippen LogP) is 4.64. The first kappa shape index (κ1) is 19.0. The van der Waals surface area contributed by atoms with E-state index in [1.807, 2.05) is 23.1 Å². The average molecular weight is 402 g/mol. The lowest BCUT2D eigenvalue weighted by atomic mass is 9.94. The van der Waals surface area contributed by atoms with Gasteiger partial charge in [0.15, 0.2) is 5.82 Å². The minimum Gasteiger partial charge on any atom is -0.342 e. The van der Waals surface area contributed by atoms with Gasteiger partial charge in [-0.2, -0.15) is 4.98 Å². The molecule has 2 heterocycles. The zero-order chi connectivity index (χ0) is 20.3. The highest BCUT2D eigenvalue weighted by atomic mass is 16.5. The molecule has 1 atom stereocenters. The third-order valence-corrected chi connectivity index (χ3v) is 6.18. The van der Waals surface area contributed by atoms with E-state index in [9.17, 15) is 4.79 Å². The number of hydrogen-bond donors (Lipinski definition) is 0. The van der Waals surface area contributed by atoms with E-state index in [1.165, 1.54) is 24.0 Å². The second-order valence-corrected chi connectivity index (χ2v) is 8.61. The zero-order valence-corrected chi connectivity index (χ0v) is 17.2. The summed E-state index contributed by atoms with van der Waals surface area (Å²) in [5.41, 5.74) is 3.43. The van der Waals surface area contributed by atoms with E-state index in [4.69, 9.17) is 4.52 Å². The standard InChI is InChI=1S/C25H27N3O2/c29-24(16-18-8-10-21(11-9-18)20-6-2-1-3-7-20)28-14-4-5-19(17-28)15-23-26-25(27-30-23)22-12-13-22/h1-3,6-11,19,22H,4-5,12-17H2. The number of benzene rings is 2. The Labute approximate surface area is 177 Å². The lowest BCUT2D eigenvalue weighted by Crippen LogP contribution is -2.41. The van der Waals surface area contributed by atoms with Crippen molar-refractivity contribution < 1.29 is 9.32 Å². The van der Waals surface area contributed by atoms with Gasteiger partial charge in [-0.15, -0.1) is 0 Å². The van der Waals surface area contributed by atoms with Crippen LogP contribution in [-0.2, 0) is 17.6 Å². The minimum absolute atomic E-state index is 0.205. The Morgan fingerprint density at radius 3 is 2.53 bits per heavy atom. The Bertz CT molecular complexity index is 993. The SMILES string of the molecule is O=C(Cc1ccc(-c2ccccc2)cc1)N1CCCC(Cc2nc(C3CC3)no2)C1. The number of hydrogen-bond acceptors (Lipinski definition) is 4. The molecule has 30 heavy (non-hydrogen) atoms. The van der Waals surface area contributed by atoms with Gasteiger partial charge in [-0.1, -0.05) is 59.8 Å². The van der Waals surface area contributed by atoms with E-state index in [-0.39, 0.29) is 5.91 Å². The number of aromatic nitrogens is 2. The van der Waals surface area contributed by atoms with Gasteiger partial charge < -0.3 is 9.42 Å². The molecule has 3 aromatic rings. The molecule has 0 spiro atoms. The summed E-state index contributed by atoms with van der Waals surface area (Å²) in [4.78, 5) is 19.5. The fraction of sp³-hybridized carbons (Fsp3) is 0.400. The van der Waals surface area contributed by atoms with Crippen LogP contribution < -0.4 is 0 Å². The van der Waals surface area contributed by atoms with Gasteiger partial charge in [-0.3, -0.25) is 4.79 Å². The summed E-state index contributed by atoms with van der Waals surface area (Å²) in [6.07, 6.45) is 5.72. The molecule has 5 nitrogen and oxygen atoms in total. The molecule has 154 valence electrons. The van der Waals surface area contributed by atoms with Crippen LogP contribution in [0.1, 0.15) is 48.9 Å². The Kier molecular flexibility index (Phi) is 5.35. The fourth-order valence-corrected chi connectivity index (χ4v) is 4.30. The van der Waals surface area contributed by atoms with Crippen molar-refractivity contribution in [2.75, 3.05) is 13.1 Å². The van der Waals surface area contributed by atoms with Crippen LogP contribution in [0.15, 0.2) is 59.1 Å². The van der Waals surface area contributed by atoms with Crippen molar-refractivity contribution in [3.05, 3.63) is 71.9 Å². The van der Waals surface area contributed by atoms with Crippen LogP contribution in [0.3, 0.4) is 0 Å². The van der Waals surface area contributed by atoms with Crippen LogP contribution in [0.2, 0.25) is 0 Å². The quantitative estimate of drug-likeness (QED) is 0.604. The van der Waals surface area contributed by atoms with Crippen molar-refractivity contribution in [2.24, 2.45) is 5.92 Å². The molecule has 5 rings (SSSR count). The molecule has 5 heteroatoms. The Hall–Kier alpha value is -2.95. The van der Waals surface area contributed by atoms with E-state index in [0.717, 1.165) is 49.6 Å². The molecule has 1 aromatic heterocycles. The summed E-state index contributed by atoms with van der Waals surface area (Å²) in [5, 5.41) is 4.12. The van der Waals surface area contributed by atoms with E-state index in [2.05, 4.69) is 46.5 Å². The molecule has 0 radical (unpaired) electrons. The largest absolute Gasteiger partial charge is 0.342 e. The third kappa shape index (κ3) is 4.45. The van der Waals surface area contributed by atoms with Gasteiger partial charge in [-0.25, -0.2) is 0 Å². The molecule has 2 aromatic carbocycles. The van der Waals surface area contributed by atoms with Gasteiger partial charge in [0, 0.05) is 25.4 Å². The van der Waals surface area contributed by atoms with Crippen molar-refractivity contribution in [2.45, 2.75) is 44.4 Å². The zero-order valence-electron chi connectivity index (χ0n) is 17.2. The number of rotatable bonds is 6. The first-order valence-electron chi connectivity index (χ1n) is 11.0. The van der Waals surface area contributed by atoms with Crippen LogP contribution in [0, 0.1) is 5.92 Å². The lowest BCUT2D eigenvalue weighted by Gasteiger charge is -2.32. The summed E-state index contributed by atoms with van der Waals surface area (Å²) in [5.74, 6) is 2.72. The minimum atomic E-state index is 0.205. The Balaban J connectivity index is 1.17. The van der Waals surface area contributed by atoms with E-state index in [1.54, 1.807) is 0 Å². The maximum absolute atomic E-state index is 12.9. The molecule has 1 unspecified atom stereocenters. The number of nitrogens with zero attached hydrogens (tertiary/aromatic N) is 3. The van der Waals surface area contributed by atoms with Gasteiger partial charge in [0.05, 0.1) is 6.42 Å². The molecule has 1 saturated heterocycles. The summed E-state index contributed by atoms with van der Waals surface area (Å²) < 4.78 is 5.44. The van der Waals surface area contributed by atoms with Crippen molar-refractivity contribution in [3.63, 3.8) is 0 Å². The van der Waals surface area contributed by atoms with Crippen molar-refractivity contribution >= 4 is 5.91 Å². The number of likely N-dealkylation sites (tertiary alicyclic amines) is 1. The topological polar surface area (TPSA) is 59.2 Å². The summed E-state index contributed by atoms with van der Waals surface area (Å²) >= 11 is 0. The number of piperidine rings is 1. The first-order chi connectivity index (χ1) is 14.7. The Morgan fingerprint density at radius 1 is 1.00 bits per heavy atom. The molecule has 2 fully saturated rings. The normalized spacial score (nSPS) is 19.1. The molecule has 1 aliphatic heterocycles. The molecule has 0 N–H and O–H groups in total. The highest BCUT2D eigenvalue weighted by Crippen LogP contribution is 2.38. The average Bonchev–Trinajstić information content (AvgIpc) is 3.54. The Morgan fingerprint density at radius 2 is 1.77 bits per heavy atom. The maximum Gasteiger partial charge on any atom is 0.226 e. The highest BCUT2D eigenvalue weighted by molar-refractivity contribution is 5.79. The molecular formula is C25H27N3O2. The second kappa shape index (κ2) is 8.42. The smallest absolute Gasteiger partial charge is 0.226 e. The molecular weight excluding hydrogens is 374 g/mol. The predicted molar refractivity (Wildman–Crippen MR) is 115 cm³/mol. The van der Waals surface area contributed by atoms with Crippen LogP contribution in [0.5, 0.6) is 0 Å². The monoisotopic (exact) mass is 401 g/mol. The van der Waals surface area contributed by atoms with Gasteiger partial charge in [-0.05, 0) is 48.3 Å². The maximum atomic E-state index is 12.9. The molecule has 1 aliphatic carbocycles. The van der Waals surface area contributed by atoms with Crippen LogP contribution in [0.4, 0.5) is 0 Å². The highest BCUT2D eigenvalue weighted by Gasteiger charge is 2.30. The molecule has 0 bridgehead atoms. The second-order valence-electron chi connectivity index (χ2n) is 8.61. The van der Waals surface area contributed by atoms with Crippen molar-refractivity contribution in [1.82, 2.24) is 15.0 Å². The summed E-state index contributed by atoms with van der Waals surface area (Å²) in [6, 6.07) is 18.6. The van der Waals surface area contributed by atoms with Crippen molar-refractivity contribution in [3.8, 4) is 11.1 Å². The summed E-state index contributed by atoms with van der Waals surface area (Å²) in [6.45, 7) is 1.62. The van der Waals surface area contributed by atoms with Gasteiger partial charge >= 0.3 is 0 Å². The van der Waals surface area contributed by atoms with E-state index < -0.39 is 0 Å². The number of carbonyl (C=O) groups is 1. The van der Waals surface area contributed by atoms with Gasteiger partial charge in [0.2, 0.25) is 11.8 Å². The third-order valence-electron chi connectivity index (χ3n) is 6.18. The first-order valence-corrected chi connectivity index (χ1v) is 11.0. The van der Waals surface area contributed by atoms with Crippen molar-refractivity contribution in [1.29, 1.82) is 0 Å². The molecule has 1 saturated carbocycles. The van der Waals surface area contributed by atoms with Crippen LogP contribution in [-0.4, -0.2) is 34.0 Å². The van der Waals surface area contributed by atoms with Gasteiger partial charge in [0.25, 0.3) is 0 Å². The molecule has 1 amide bonds. The summed E-state index contributed by atoms with van der Waals surface area (Å²) in [7, 11) is 0. The van der Waals surface area contributed by atoms with Crippen LogP contribution in [0.25, 0.3) is 11.1 Å². The lowest BCUT2D eigenvalue weighted by molar-refractivity contribution is -0.132. The fourth-order valence-electron chi connectivity index (χ4n) is 4.30.